The quantitative estimate of drug-likeness (QED) is 0.799. The van der Waals surface area contributed by atoms with Gasteiger partial charge in [0.25, 0.3) is 5.91 Å². The zero-order chi connectivity index (χ0) is 17.2. The smallest absolute Gasteiger partial charge is 0.256 e. The Bertz CT molecular complexity index is 866. The van der Waals surface area contributed by atoms with Gasteiger partial charge in [-0.2, -0.15) is 0 Å². The van der Waals surface area contributed by atoms with Crippen molar-refractivity contribution in [3.8, 4) is 0 Å². The molecule has 1 aliphatic rings. The molecule has 6 heteroatoms. The molecule has 0 radical (unpaired) electrons. The Hall–Kier alpha value is -2.73. The van der Waals surface area contributed by atoms with Crippen LogP contribution in [0.4, 0.5) is 4.39 Å². The topological polar surface area (TPSA) is 52.2 Å². The summed E-state index contributed by atoms with van der Waals surface area (Å²) in [4.78, 5) is 24.3. The van der Waals surface area contributed by atoms with Crippen molar-refractivity contribution >= 4 is 16.9 Å². The Kier molecular flexibility index (Phi) is 4.19. The summed E-state index contributed by atoms with van der Waals surface area (Å²) in [5.74, 6) is 0.230. The highest BCUT2D eigenvalue weighted by atomic mass is 19.1. The highest BCUT2D eigenvalue weighted by Crippen LogP contribution is 2.15. The Morgan fingerprint density at radius 3 is 2.52 bits per heavy atom. The van der Waals surface area contributed by atoms with Crippen molar-refractivity contribution in [2.45, 2.75) is 6.54 Å². The first-order valence-electron chi connectivity index (χ1n) is 8.40. The number of halogens is 1. The third-order valence-corrected chi connectivity index (χ3v) is 4.58. The summed E-state index contributed by atoms with van der Waals surface area (Å²) in [6, 6.07) is 14.1. The molecular weight excluding hydrogens is 319 g/mol. The van der Waals surface area contributed by atoms with Gasteiger partial charge in [-0.15, -0.1) is 0 Å². The number of amides is 1. The number of nitrogens with zero attached hydrogens (tertiary/aromatic N) is 3. The second-order valence-electron chi connectivity index (χ2n) is 6.25. The Morgan fingerprint density at radius 1 is 1.04 bits per heavy atom. The maximum atomic E-state index is 13.8. The molecule has 5 nitrogen and oxygen atoms in total. The van der Waals surface area contributed by atoms with Crippen LogP contribution in [0.15, 0.2) is 48.5 Å². The van der Waals surface area contributed by atoms with E-state index in [-0.39, 0.29) is 11.5 Å². The van der Waals surface area contributed by atoms with Crippen molar-refractivity contribution in [2.24, 2.45) is 0 Å². The van der Waals surface area contributed by atoms with Gasteiger partial charge in [0.1, 0.15) is 11.6 Å². The van der Waals surface area contributed by atoms with Crippen LogP contribution >= 0.6 is 0 Å². The van der Waals surface area contributed by atoms with E-state index in [4.69, 9.17) is 0 Å². The number of hydrogen-bond donors (Lipinski definition) is 1. The zero-order valence-electron chi connectivity index (χ0n) is 13.8. The average Bonchev–Trinajstić information content (AvgIpc) is 3.04. The summed E-state index contributed by atoms with van der Waals surface area (Å²) >= 11 is 0. The Morgan fingerprint density at radius 2 is 1.76 bits per heavy atom. The molecule has 3 aromatic rings. The van der Waals surface area contributed by atoms with E-state index in [0.717, 1.165) is 36.5 Å². The number of imidazole rings is 1. The number of H-pyrrole nitrogens is 1. The first kappa shape index (κ1) is 15.8. The molecule has 1 N–H and O–H groups in total. The van der Waals surface area contributed by atoms with Crippen LogP contribution in [0.1, 0.15) is 16.2 Å². The number of rotatable bonds is 3. The molecule has 2 heterocycles. The first-order valence-corrected chi connectivity index (χ1v) is 8.40. The number of piperazine rings is 1. The highest BCUT2D eigenvalue weighted by Gasteiger charge is 2.24. The van der Waals surface area contributed by atoms with Crippen LogP contribution in [0, 0.1) is 5.82 Å². The minimum absolute atomic E-state index is 0.147. The van der Waals surface area contributed by atoms with Gasteiger partial charge in [0.2, 0.25) is 0 Å². The maximum Gasteiger partial charge on any atom is 0.256 e. The summed E-state index contributed by atoms with van der Waals surface area (Å²) in [5.41, 5.74) is 2.14. The van der Waals surface area contributed by atoms with E-state index in [9.17, 15) is 9.18 Å². The van der Waals surface area contributed by atoms with E-state index in [1.165, 1.54) is 6.07 Å². The van der Waals surface area contributed by atoms with Crippen molar-refractivity contribution in [3.05, 3.63) is 65.7 Å². The van der Waals surface area contributed by atoms with E-state index in [1.807, 2.05) is 24.3 Å². The summed E-state index contributed by atoms with van der Waals surface area (Å²) in [7, 11) is 0. The Labute approximate surface area is 145 Å². The van der Waals surface area contributed by atoms with Crippen molar-refractivity contribution in [1.82, 2.24) is 19.8 Å². The van der Waals surface area contributed by atoms with Crippen molar-refractivity contribution in [3.63, 3.8) is 0 Å². The van der Waals surface area contributed by atoms with Crippen LogP contribution in [0.5, 0.6) is 0 Å². The SMILES string of the molecule is O=C(c1ccccc1F)N1CCN(Cc2nc3ccccc3[nH]2)CC1. The molecule has 25 heavy (non-hydrogen) atoms. The molecule has 1 saturated heterocycles. The second-order valence-corrected chi connectivity index (χ2v) is 6.25. The molecule has 128 valence electrons. The fraction of sp³-hybridized carbons (Fsp3) is 0.263. The number of hydrogen-bond acceptors (Lipinski definition) is 3. The van der Waals surface area contributed by atoms with Crippen molar-refractivity contribution in [2.75, 3.05) is 26.2 Å². The monoisotopic (exact) mass is 338 g/mol. The average molecular weight is 338 g/mol. The lowest BCUT2D eigenvalue weighted by atomic mass is 10.1. The van der Waals surface area contributed by atoms with Crippen molar-refractivity contribution in [1.29, 1.82) is 0 Å². The van der Waals surface area contributed by atoms with E-state index >= 15 is 0 Å². The maximum absolute atomic E-state index is 13.8. The van der Waals surface area contributed by atoms with Crippen LogP contribution in [-0.2, 0) is 6.54 Å². The number of aromatic amines is 1. The van der Waals surface area contributed by atoms with Crippen LogP contribution in [0.25, 0.3) is 11.0 Å². The van der Waals surface area contributed by atoms with Gasteiger partial charge in [0.05, 0.1) is 23.1 Å². The molecule has 1 aliphatic heterocycles. The zero-order valence-corrected chi connectivity index (χ0v) is 13.8. The lowest BCUT2D eigenvalue weighted by Crippen LogP contribution is -2.48. The third-order valence-electron chi connectivity index (χ3n) is 4.58. The molecule has 4 rings (SSSR count). The molecule has 0 bridgehead atoms. The van der Waals surface area contributed by atoms with Crippen molar-refractivity contribution < 1.29 is 9.18 Å². The van der Waals surface area contributed by atoms with Gasteiger partial charge >= 0.3 is 0 Å². The predicted molar refractivity (Wildman–Crippen MR) is 93.7 cm³/mol. The number of aromatic nitrogens is 2. The van der Waals surface area contributed by atoms with E-state index in [1.54, 1.807) is 23.1 Å². The van der Waals surface area contributed by atoms with E-state index < -0.39 is 5.82 Å². The number of fused-ring (bicyclic) bond motifs is 1. The van der Waals surface area contributed by atoms with Crippen LogP contribution in [0.2, 0.25) is 0 Å². The number of carbonyl (C=O) groups is 1. The summed E-state index contributed by atoms with van der Waals surface area (Å²) in [6.07, 6.45) is 0. The molecular formula is C19H19FN4O. The van der Waals surface area contributed by atoms with Gasteiger partial charge in [0, 0.05) is 26.2 Å². The summed E-state index contributed by atoms with van der Waals surface area (Å²) in [5, 5.41) is 0. The summed E-state index contributed by atoms with van der Waals surface area (Å²) < 4.78 is 13.8. The lowest BCUT2D eigenvalue weighted by Gasteiger charge is -2.34. The fourth-order valence-electron chi connectivity index (χ4n) is 3.21. The van der Waals surface area contributed by atoms with Crippen LogP contribution < -0.4 is 0 Å². The lowest BCUT2D eigenvalue weighted by molar-refractivity contribution is 0.0621. The third kappa shape index (κ3) is 3.25. The number of nitrogens with one attached hydrogen (secondary N) is 1. The number of para-hydroxylation sites is 2. The first-order chi connectivity index (χ1) is 12.2. The minimum atomic E-state index is -0.461. The fourth-order valence-corrected chi connectivity index (χ4v) is 3.21. The molecule has 0 atom stereocenters. The van der Waals surface area contributed by atoms with Crippen LogP contribution in [-0.4, -0.2) is 51.9 Å². The predicted octanol–water partition coefficient (Wildman–Crippen LogP) is 2.66. The molecule has 0 unspecified atom stereocenters. The summed E-state index contributed by atoms with van der Waals surface area (Å²) in [6.45, 7) is 3.39. The van der Waals surface area contributed by atoms with Gasteiger partial charge in [-0.05, 0) is 24.3 Å². The molecule has 1 aromatic heterocycles. The minimum Gasteiger partial charge on any atom is -0.341 e. The Balaban J connectivity index is 1.38. The van der Waals surface area contributed by atoms with Crippen LogP contribution in [0.3, 0.4) is 0 Å². The highest BCUT2D eigenvalue weighted by molar-refractivity contribution is 5.94. The molecule has 1 fully saturated rings. The standard InChI is InChI=1S/C19H19FN4O/c20-15-6-2-1-5-14(15)19(25)24-11-9-23(10-12-24)13-18-21-16-7-3-4-8-17(16)22-18/h1-8H,9-13H2,(H,21,22). The molecule has 2 aromatic carbocycles. The molecule has 0 spiro atoms. The van der Waals surface area contributed by atoms with Gasteiger partial charge in [-0.25, -0.2) is 9.37 Å². The van der Waals surface area contributed by atoms with Gasteiger partial charge < -0.3 is 9.88 Å². The van der Waals surface area contributed by atoms with E-state index in [2.05, 4.69) is 14.9 Å². The normalized spacial score (nSPS) is 15.6. The molecule has 0 saturated carbocycles. The largest absolute Gasteiger partial charge is 0.341 e. The second kappa shape index (κ2) is 6.64. The van der Waals surface area contributed by atoms with Gasteiger partial charge in [-0.3, -0.25) is 9.69 Å². The molecule has 1 amide bonds. The molecule has 0 aliphatic carbocycles. The number of benzene rings is 2. The van der Waals surface area contributed by atoms with Gasteiger partial charge in [-0.1, -0.05) is 24.3 Å². The van der Waals surface area contributed by atoms with Gasteiger partial charge in [0.15, 0.2) is 0 Å². The number of carbonyl (C=O) groups excluding carboxylic acids is 1. The van der Waals surface area contributed by atoms with E-state index in [0.29, 0.717) is 13.1 Å².